The second-order valence-electron chi connectivity index (χ2n) is 7.70. The molecule has 1 amide bonds. The molecule has 2 aliphatic rings. The van der Waals surface area contributed by atoms with Gasteiger partial charge in [0.1, 0.15) is 0 Å². The lowest BCUT2D eigenvalue weighted by molar-refractivity contribution is -0.123. The van der Waals surface area contributed by atoms with Crippen LogP contribution in [0, 0.1) is 23.7 Å². The van der Waals surface area contributed by atoms with Gasteiger partial charge in [-0.25, -0.2) is 4.68 Å². The molecule has 2 unspecified atom stereocenters. The molecule has 2 N–H and O–H groups in total. The van der Waals surface area contributed by atoms with Crippen LogP contribution in [-0.4, -0.2) is 28.8 Å². The van der Waals surface area contributed by atoms with Crippen molar-refractivity contribution in [2.24, 2.45) is 23.7 Å². The maximum absolute atomic E-state index is 12.4. The summed E-state index contributed by atoms with van der Waals surface area (Å²) in [6, 6.07) is 12.3. The number of rotatable bonds is 6. The Hall–Kier alpha value is -1.85. The van der Waals surface area contributed by atoms with Gasteiger partial charge in [0.25, 0.3) is 0 Å². The number of para-hydroxylation sites is 1. The molecule has 1 aromatic carbocycles. The van der Waals surface area contributed by atoms with Gasteiger partial charge in [0.05, 0.1) is 17.9 Å². The fourth-order valence-electron chi connectivity index (χ4n) is 4.02. The number of fused-ring (bicyclic) bond motifs is 1. The number of carbonyl (C=O) groups is 1. The SMILES string of the molecule is CC(C)Cc1cc(CNC(=O)C2C3CNCC32)nn1-c1ccccc1.Cl. The van der Waals surface area contributed by atoms with Crippen LogP contribution in [0.4, 0.5) is 0 Å². The normalized spacial score (nSPS) is 23.4. The molecule has 0 bridgehead atoms. The summed E-state index contributed by atoms with van der Waals surface area (Å²) < 4.78 is 2.01. The van der Waals surface area contributed by atoms with Crippen molar-refractivity contribution in [3.8, 4) is 5.69 Å². The fourth-order valence-corrected chi connectivity index (χ4v) is 4.02. The van der Waals surface area contributed by atoms with Crippen LogP contribution >= 0.6 is 12.4 Å². The molecule has 1 saturated heterocycles. The van der Waals surface area contributed by atoms with E-state index in [0.717, 1.165) is 30.9 Å². The van der Waals surface area contributed by atoms with E-state index in [2.05, 4.69) is 42.7 Å². The average molecular weight is 375 g/mol. The smallest absolute Gasteiger partial charge is 0.224 e. The molecular formula is C20H27ClN4O. The molecule has 1 aliphatic heterocycles. The minimum atomic E-state index is 0. The highest BCUT2D eigenvalue weighted by Crippen LogP contribution is 2.48. The van der Waals surface area contributed by atoms with Crippen LogP contribution in [0.1, 0.15) is 25.2 Å². The molecule has 6 heteroatoms. The maximum atomic E-state index is 12.4. The van der Waals surface area contributed by atoms with Crippen LogP contribution in [0.25, 0.3) is 5.69 Å². The molecule has 2 aromatic rings. The molecule has 0 spiro atoms. The lowest BCUT2D eigenvalue weighted by Gasteiger charge is -2.09. The molecule has 2 heterocycles. The first-order valence-electron chi connectivity index (χ1n) is 9.25. The lowest BCUT2D eigenvalue weighted by atomic mass is 10.1. The van der Waals surface area contributed by atoms with Crippen molar-refractivity contribution in [1.82, 2.24) is 20.4 Å². The van der Waals surface area contributed by atoms with Crippen molar-refractivity contribution in [2.75, 3.05) is 13.1 Å². The quantitative estimate of drug-likeness (QED) is 0.817. The van der Waals surface area contributed by atoms with Gasteiger partial charge >= 0.3 is 0 Å². The molecule has 2 fully saturated rings. The monoisotopic (exact) mass is 374 g/mol. The van der Waals surface area contributed by atoms with Gasteiger partial charge in [-0.15, -0.1) is 12.4 Å². The Morgan fingerprint density at radius 2 is 1.96 bits per heavy atom. The third-order valence-electron chi connectivity index (χ3n) is 5.29. The fraction of sp³-hybridized carbons (Fsp3) is 0.500. The van der Waals surface area contributed by atoms with E-state index in [1.807, 2.05) is 22.9 Å². The Kier molecular flexibility index (Phi) is 5.68. The van der Waals surface area contributed by atoms with E-state index >= 15 is 0 Å². The Morgan fingerprint density at radius 1 is 1.27 bits per heavy atom. The maximum Gasteiger partial charge on any atom is 0.224 e. The van der Waals surface area contributed by atoms with Crippen LogP contribution < -0.4 is 10.6 Å². The summed E-state index contributed by atoms with van der Waals surface area (Å²) >= 11 is 0. The van der Waals surface area contributed by atoms with E-state index in [9.17, 15) is 4.79 Å². The lowest BCUT2D eigenvalue weighted by Crippen LogP contribution is -2.29. The molecule has 1 aromatic heterocycles. The summed E-state index contributed by atoms with van der Waals surface area (Å²) in [4.78, 5) is 12.4. The summed E-state index contributed by atoms with van der Waals surface area (Å²) in [6.45, 7) is 6.91. The summed E-state index contributed by atoms with van der Waals surface area (Å²) in [5, 5.41) is 11.2. The molecular weight excluding hydrogens is 348 g/mol. The summed E-state index contributed by atoms with van der Waals surface area (Å²) in [7, 11) is 0. The van der Waals surface area contributed by atoms with Crippen LogP contribution in [0.3, 0.4) is 0 Å². The molecule has 2 atom stereocenters. The first-order valence-corrected chi connectivity index (χ1v) is 9.25. The number of hydrogen-bond donors (Lipinski definition) is 2. The van der Waals surface area contributed by atoms with Crippen molar-refractivity contribution in [3.05, 3.63) is 47.8 Å². The van der Waals surface area contributed by atoms with Crippen LogP contribution in [0.2, 0.25) is 0 Å². The summed E-state index contributed by atoms with van der Waals surface area (Å²) in [5.41, 5.74) is 3.19. The summed E-state index contributed by atoms with van der Waals surface area (Å²) in [5.74, 6) is 2.07. The molecule has 4 rings (SSSR count). The standard InChI is InChI=1S/C20H26N4O.ClH/c1-13(2)8-16-9-14(23-24(16)15-6-4-3-5-7-15)10-22-20(25)19-17-11-21-12-18(17)19;/h3-7,9,13,17-19,21H,8,10-12H2,1-2H3,(H,22,25);1H. The average Bonchev–Trinajstić information content (AvgIpc) is 2.95. The Balaban J connectivity index is 0.00000196. The number of amides is 1. The number of piperidine rings is 1. The van der Waals surface area contributed by atoms with Gasteiger partial charge in [0.2, 0.25) is 5.91 Å². The molecule has 1 aliphatic carbocycles. The third kappa shape index (κ3) is 3.79. The van der Waals surface area contributed by atoms with Crippen molar-refractivity contribution in [2.45, 2.75) is 26.8 Å². The molecule has 140 valence electrons. The number of benzene rings is 1. The van der Waals surface area contributed by atoms with Gasteiger partial charge in [-0.1, -0.05) is 32.0 Å². The van der Waals surface area contributed by atoms with Gasteiger partial charge in [-0.2, -0.15) is 5.10 Å². The van der Waals surface area contributed by atoms with E-state index in [1.54, 1.807) is 0 Å². The van der Waals surface area contributed by atoms with E-state index in [-0.39, 0.29) is 24.2 Å². The van der Waals surface area contributed by atoms with Crippen molar-refractivity contribution < 1.29 is 4.79 Å². The Bertz CT molecular complexity index is 748. The first kappa shape index (κ1) is 18.9. The van der Waals surface area contributed by atoms with Gasteiger partial charge in [-0.05, 0) is 55.5 Å². The van der Waals surface area contributed by atoms with Crippen LogP contribution in [-0.2, 0) is 17.8 Å². The topological polar surface area (TPSA) is 59.0 Å². The van der Waals surface area contributed by atoms with Crippen LogP contribution in [0.5, 0.6) is 0 Å². The number of nitrogens with one attached hydrogen (secondary N) is 2. The zero-order valence-corrected chi connectivity index (χ0v) is 16.1. The van der Waals surface area contributed by atoms with Gasteiger partial charge < -0.3 is 10.6 Å². The summed E-state index contributed by atoms with van der Waals surface area (Å²) in [6.07, 6.45) is 0.967. The number of halogens is 1. The number of aromatic nitrogens is 2. The predicted molar refractivity (Wildman–Crippen MR) is 105 cm³/mol. The van der Waals surface area contributed by atoms with Gasteiger partial charge in [0, 0.05) is 11.6 Å². The largest absolute Gasteiger partial charge is 0.350 e. The highest BCUT2D eigenvalue weighted by atomic mass is 35.5. The Labute approximate surface area is 161 Å². The van der Waals surface area contributed by atoms with Gasteiger partial charge in [0.15, 0.2) is 0 Å². The van der Waals surface area contributed by atoms with E-state index in [0.29, 0.717) is 24.3 Å². The highest BCUT2D eigenvalue weighted by molar-refractivity contribution is 5.85. The molecule has 1 saturated carbocycles. The van der Waals surface area contributed by atoms with E-state index in [4.69, 9.17) is 5.10 Å². The van der Waals surface area contributed by atoms with E-state index < -0.39 is 0 Å². The first-order chi connectivity index (χ1) is 12.1. The molecule has 5 nitrogen and oxygen atoms in total. The van der Waals surface area contributed by atoms with Crippen LogP contribution in [0.15, 0.2) is 36.4 Å². The highest BCUT2D eigenvalue weighted by Gasteiger charge is 2.56. The molecule has 26 heavy (non-hydrogen) atoms. The van der Waals surface area contributed by atoms with Crippen molar-refractivity contribution in [1.29, 1.82) is 0 Å². The second-order valence-corrected chi connectivity index (χ2v) is 7.70. The van der Waals surface area contributed by atoms with Crippen molar-refractivity contribution in [3.63, 3.8) is 0 Å². The van der Waals surface area contributed by atoms with Gasteiger partial charge in [-0.3, -0.25) is 4.79 Å². The minimum absolute atomic E-state index is 0. The number of carbonyl (C=O) groups excluding carboxylic acids is 1. The third-order valence-corrected chi connectivity index (χ3v) is 5.29. The number of nitrogens with zero attached hydrogens (tertiary/aromatic N) is 2. The molecule has 0 radical (unpaired) electrons. The predicted octanol–water partition coefficient (Wildman–Crippen LogP) is 2.57. The minimum Gasteiger partial charge on any atom is -0.350 e. The zero-order chi connectivity index (χ0) is 17.4. The zero-order valence-electron chi connectivity index (χ0n) is 15.3. The van der Waals surface area contributed by atoms with Crippen molar-refractivity contribution >= 4 is 18.3 Å². The Morgan fingerprint density at radius 3 is 2.62 bits per heavy atom. The second kappa shape index (κ2) is 7.80. The number of hydrogen-bond acceptors (Lipinski definition) is 3. The van der Waals surface area contributed by atoms with E-state index in [1.165, 1.54) is 5.69 Å².